The predicted molar refractivity (Wildman–Crippen MR) is 71.4 cm³/mol. The Morgan fingerprint density at radius 2 is 2.24 bits per heavy atom. The van der Waals surface area contributed by atoms with Gasteiger partial charge in [0.2, 0.25) is 0 Å². The first-order valence-corrected chi connectivity index (χ1v) is 6.14. The van der Waals surface area contributed by atoms with Crippen molar-refractivity contribution in [1.29, 1.82) is 0 Å². The quantitative estimate of drug-likeness (QED) is 0.832. The lowest BCUT2D eigenvalue weighted by atomic mass is 10.0. The molecule has 3 N–H and O–H groups in total. The molecule has 0 saturated heterocycles. The summed E-state index contributed by atoms with van der Waals surface area (Å²) in [5.41, 5.74) is 8.43. The summed E-state index contributed by atoms with van der Waals surface area (Å²) in [4.78, 5) is 3.27. The zero-order valence-electron chi connectivity index (χ0n) is 10.5. The summed E-state index contributed by atoms with van der Waals surface area (Å²) in [6.45, 7) is 2.16. The van der Waals surface area contributed by atoms with Crippen molar-refractivity contribution >= 4 is 10.9 Å². The van der Waals surface area contributed by atoms with E-state index in [0.717, 1.165) is 30.5 Å². The van der Waals surface area contributed by atoms with E-state index < -0.39 is 0 Å². The molecular weight excluding hydrogens is 212 g/mol. The van der Waals surface area contributed by atoms with Crippen LogP contribution in [0.5, 0.6) is 5.75 Å². The fourth-order valence-electron chi connectivity index (χ4n) is 2.28. The molecule has 2 rings (SSSR count). The van der Waals surface area contributed by atoms with Crippen LogP contribution in [0.1, 0.15) is 25.3 Å². The molecule has 3 nitrogen and oxygen atoms in total. The fraction of sp³-hybridized carbons (Fsp3) is 0.429. The summed E-state index contributed by atoms with van der Waals surface area (Å²) in [6, 6.07) is 6.34. The maximum absolute atomic E-state index is 6.09. The minimum Gasteiger partial charge on any atom is -0.495 e. The van der Waals surface area contributed by atoms with Crippen LogP contribution >= 0.6 is 0 Å². The van der Waals surface area contributed by atoms with Gasteiger partial charge in [0.15, 0.2) is 0 Å². The first-order chi connectivity index (χ1) is 8.26. The van der Waals surface area contributed by atoms with Crippen LogP contribution in [-0.2, 0) is 6.42 Å². The highest BCUT2D eigenvalue weighted by Crippen LogP contribution is 2.27. The highest BCUT2D eigenvalue weighted by Gasteiger charge is 2.10. The molecule has 3 heteroatoms. The first kappa shape index (κ1) is 12.0. The average Bonchev–Trinajstić information content (AvgIpc) is 2.73. The van der Waals surface area contributed by atoms with E-state index in [2.05, 4.69) is 18.0 Å². The maximum atomic E-state index is 6.09. The number of fused-ring (bicyclic) bond motifs is 1. The number of methoxy groups -OCH3 is 1. The van der Waals surface area contributed by atoms with Crippen LogP contribution in [0.2, 0.25) is 0 Å². The highest BCUT2D eigenvalue weighted by atomic mass is 16.5. The van der Waals surface area contributed by atoms with Gasteiger partial charge in [0.25, 0.3) is 0 Å². The Labute approximate surface area is 102 Å². The number of hydrogen-bond acceptors (Lipinski definition) is 2. The number of para-hydroxylation sites is 1. The molecule has 1 atom stereocenters. The molecular formula is C14H20N2O. The van der Waals surface area contributed by atoms with Crippen molar-refractivity contribution in [1.82, 2.24) is 4.98 Å². The van der Waals surface area contributed by atoms with Crippen LogP contribution in [-0.4, -0.2) is 18.1 Å². The lowest BCUT2D eigenvalue weighted by molar-refractivity contribution is 0.419. The number of aromatic nitrogens is 1. The molecule has 1 aromatic carbocycles. The lowest BCUT2D eigenvalue weighted by Crippen LogP contribution is -2.22. The van der Waals surface area contributed by atoms with Gasteiger partial charge in [-0.3, -0.25) is 0 Å². The van der Waals surface area contributed by atoms with Crippen LogP contribution in [0.4, 0.5) is 0 Å². The average molecular weight is 232 g/mol. The van der Waals surface area contributed by atoms with E-state index in [1.807, 2.05) is 18.3 Å². The number of nitrogens with two attached hydrogens (primary N) is 1. The number of ether oxygens (including phenoxy) is 1. The number of aromatic amines is 1. The van der Waals surface area contributed by atoms with Crippen molar-refractivity contribution in [2.75, 3.05) is 7.11 Å². The maximum Gasteiger partial charge on any atom is 0.142 e. The second kappa shape index (κ2) is 5.23. The molecule has 0 amide bonds. The standard InChI is InChI=1S/C14H20N2O/c1-3-5-11(15)8-10-9-16-14-12(10)6-4-7-13(14)17-2/h4,6-7,9,11,16H,3,5,8,15H2,1-2H3. The lowest BCUT2D eigenvalue weighted by Gasteiger charge is -2.09. The largest absolute Gasteiger partial charge is 0.495 e. The molecule has 1 unspecified atom stereocenters. The summed E-state index contributed by atoms with van der Waals surface area (Å²) in [5.74, 6) is 0.887. The predicted octanol–water partition coefficient (Wildman–Crippen LogP) is 2.85. The van der Waals surface area contributed by atoms with Crippen molar-refractivity contribution in [3.63, 3.8) is 0 Å². The molecule has 0 spiro atoms. The third-order valence-corrected chi connectivity index (χ3v) is 3.12. The Kier molecular flexibility index (Phi) is 3.69. The van der Waals surface area contributed by atoms with E-state index >= 15 is 0 Å². The minimum atomic E-state index is 0.241. The number of hydrogen-bond donors (Lipinski definition) is 2. The topological polar surface area (TPSA) is 51.0 Å². The Hall–Kier alpha value is -1.48. The summed E-state index contributed by atoms with van der Waals surface area (Å²) < 4.78 is 5.33. The molecule has 17 heavy (non-hydrogen) atoms. The van der Waals surface area contributed by atoms with Crippen molar-refractivity contribution < 1.29 is 4.74 Å². The van der Waals surface area contributed by atoms with E-state index in [1.165, 1.54) is 10.9 Å². The summed E-state index contributed by atoms with van der Waals surface area (Å²) >= 11 is 0. The van der Waals surface area contributed by atoms with E-state index in [9.17, 15) is 0 Å². The van der Waals surface area contributed by atoms with Gasteiger partial charge in [-0.1, -0.05) is 25.5 Å². The van der Waals surface area contributed by atoms with Crippen LogP contribution < -0.4 is 10.5 Å². The molecule has 92 valence electrons. The molecule has 0 saturated carbocycles. The fourth-order valence-corrected chi connectivity index (χ4v) is 2.28. The van der Waals surface area contributed by atoms with Gasteiger partial charge in [-0.15, -0.1) is 0 Å². The number of rotatable bonds is 5. The number of benzene rings is 1. The molecule has 2 aromatic rings. The van der Waals surface area contributed by atoms with E-state index in [0.29, 0.717) is 0 Å². The Morgan fingerprint density at radius 3 is 2.94 bits per heavy atom. The molecule has 0 bridgehead atoms. The van der Waals surface area contributed by atoms with Gasteiger partial charge in [-0.2, -0.15) is 0 Å². The van der Waals surface area contributed by atoms with Gasteiger partial charge in [-0.25, -0.2) is 0 Å². The number of H-pyrrole nitrogens is 1. The second-order valence-electron chi connectivity index (χ2n) is 4.45. The molecule has 0 radical (unpaired) electrons. The zero-order chi connectivity index (χ0) is 12.3. The normalized spacial score (nSPS) is 12.9. The summed E-state index contributed by atoms with van der Waals surface area (Å²) in [5, 5.41) is 1.22. The van der Waals surface area contributed by atoms with Crippen LogP contribution in [0.25, 0.3) is 10.9 Å². The molecule has 0 fully saturated rings. The van der Waals surface area contributed by atoms with Gasteiger partial charge in [0.05, 0.1) is 12.6 Å². The summed E-state index contributed by atoms with van der Waals surface area (Å²) in [6.07, 6.45) is 5.16. The van der Waals surface area contributed by atoms with Gasteiger partial charge < -0.3 is 15.5 Å². The van der Waals surface area contributed by atoms with Crippen molar-refractivity contribution in [3.8, 4) is 5.75 Å². The third kappa shape index (κ3) is 2.44. The van der Waals surface area contributed by atoms with E-state index in [4.69, 9.17) is 10.5 Å². The first-order valence-electron chi connectivity index (χ1n) is 6.14. The third-order valence-electron chi connectivity index (χ3n) is 3.12. The monoisotopic (exact) mass is 232 g/mol. The minimum absolute atomic E-state index is 0.241. The second-order valence-corrected chi connectivity index (χ2v) is 4.45. The molecule has 0 aliphatic rings. The van der Waals surface area contributed by atoms with Crippen LogP contribution in [0, 0.1) is 0 Å². The zero-order valence-corrected chi connectivity index (χ0v) is 10.5. The van der Waals surface area contributed by atoms with E-state index in [-0.39, 0.29) is 6.04 Å². The van der Waals surface area contributed by atoms with E-state index in [1.54, 1.807) is 7.11 Å². The Balaban J connectivity index is 2.30. The van der Waals surface area contributed by atoms with Gasteiger partial charge in [0.1, 0.15) is 5.75 Å². The van der Waals surface area contributed by atoms with Gasteiger partial charge in [-0.05, 0) is 24.5 Å². The molecule has 1 heterocycles. The Morgan fingerprint density at radius 1 is 1.41 bits per heavy atom. The Bertz CT molecular complexity index is 490. The molecule has 1 aromatic heterocycles. The van der Waals surface area contributed by atoms with Crippen LogP contribution in [0.15, 0.2) is 24.4 Å². The van der Waals surface area contributed by atoms with Crippen molar-refractivity contribution in [2.24, 2.45) is 5.73 Å². The molecule has 0 aliphatic heterocycles. The smallest absolute Gasteiger partial charge is 0.142 e. The summed E-state index contributed by atoms with van der Waals surface area (Å²) in [7, 11) is 1.69. The van der Waals surface area contributed by atoms with Gasteiger partial charge in [0, 0.05) is 17.6 Å². The number of nitrogens with one attached hydrogen (secondary N) is 1. The highest BCUT2D eigenvalue weighted by molar-refractivity contribution is 5.88. The van der Waals surface area contributed by atoms with Gasteiger partial charge >= 0.3 is 0 Å². The SMILES string of the molecule is CCCC(N)Cc1c[nH]c2c(OC)cccc12. The van der Waals surface area contributed by atoms with Crippen molar-refractivity contribution in [3.05, 3.63) is 30.0 Å². The van der Waals surface area contributed by atoms with Crippen LogP contribution in [0.3, 0.4) is 0 Å². The van der Waals surface area contributed by atoms with Crippen molar-refractivity contribution in [2.45, 2.75) is 32.2 Å². The molecule has 0 aliphatic carbocycles.